The predicted octanol–water partition coefficient (Wildman–Crippen LogP) is 3.83. The molecule has 1 saturated carbocycles. The van der Waals surface area contributed by atoms with E-state index in [1.165, 1.54) is 0 Å². The molecule has 2 aromatic carbocycles. The number of ether oxygens (including phenoxy) is 2. The minimum atomic E-state index is -0.0238. The Balaban J connectivity index is 1.30. The second-order valence-corrected chi connectivity index (χ2v) is 8.52. The summed E-state index contributed by atoms with van der Waals surface area (Å²) in [6, 6.07) is 13.2. The summed E-state index contributed by atoms with van der Waals surface area (Å²) in [5.41, 5.74) is 2.31. The van der Waals surface area contributed by atoms with Gasteiger partial charge in [-0.2, -0.15) is 0 Å². The maximum Gasteiger partial charge on any atom is 0.254 e. The van der Waals surface area contributed by atoms with Crippen LogP contribution in [0.5, 0.6) is 11.5 Å². The summed E-state index contributed by atoms with van der Waals surface area (Å²) < 4.78 is 11.2. The number of methoxy groups -OCH3 is 1. The second-order valence-electron chi connectivity index (χ2n) is 8.52. The molecule has 1 aliphatic carbocycles. The Morgan fingerprint density at radius 1 is 1.06 bits per heavy atom. The number of carbonyl (C=O) groups excluding carboxylic acids is 2. The van der Waals surface area contributed by atoms with Crippen LogP contribution in [0.15, 0.2) is 42.5 Å². The first-order valence-corrected chi connectivity index (χ1v) is 11.0. The minimum absolute atomic E-state index is 0.0238. The lowest BCUT2D eigenvalue weighted by Gasteiger charge is -2.33. The predicted molar refractivity (Wildman–Crippen MR) is 119 cm³/mol. The number of hydrogen-bond donors (Lipinski definition) is 1. The van der Waals surface area contributed by atoms with Crippen molar-refractivity contribution in [3.63, 3.8) is 0 Å². The van der Waals surface area contributed by atoms with Gasteiger partial charge >= 0.3 is 0 Å². The van der Waals surface area contributed by atoms with Crippen LogP contribution in [-0.4, -0.2) is 49.6 Å². The summed E-state index contributed by atoms with van der Waals surface area (Å²) in [6.45, 7) is 3.95. The van der Waals surface area contributed by atoms with E-state index in [9.17, 15) is 9.59 Å². The SMILES string of the molecule is COc1ccc(C(=O)N2CCC[C@@H](COc3ccc(C(=O)NC4CC4)cc3)C2)c(C)c1. The standard InChI is InChI=1S/C25H30N2O4/c1-17-14-22(30-2)11-12-23(17)25(29)27-13-3-4-18(15-27)16-31-21-9-5-19(6-10-21)24(28)26-20-7-8-20/h5-6,9-12,14,18,20H,3-4,7-8,13,15-16H2,1-2H3,(H,26,28)/t18-/m1/s1. The van der Waals surface area contributed by atoms with Gasteiger partial charge in [-0.05, 0) is 80.6 Å². The number of piperidine rings is 1. The van der Waals surface area contributed by atoms with Gasteiger partial charge in [0.25, 0.3) is 11.8 Å². The van der Waals surface area contributed by atoms with Gasteiger partial charge in [-0.15, -0.1) is 0 Å². The number of benzene rings is 2. The maximum atomic E-state index is 13.0. The lowest BCUT2D eigenvalue weighted by Crippen LogP contribution is -2.41. The van der Waals surface area contributed by atoms with E-state index in [0.29, 0.717) is 24.8 Å². The van der Waals surface area contributed by atoms with Crippen LogP contribution in [-0.2, 0) is 0 Å². The number of carbonyl (C=O) groups is 2. The lowest BCUT2D eigenvalue weighted by atomic mass is 9.97. The van der Waals surface area contributed by atoms with E-state index >= 15 is 0 Å². The third-order valence-electron chi connectivity index (χ3n) is 5.98. The Bertz CT molecular complexity index is 937. The third-order valence-corrected chi connectivity index (χ3v) is 5.98. The van der Waals surface area contributed by atoms with Gasteiger partial charge in [0.2, 0.25) is 0 Å². The number of amides is 2. The fraction of sp³-hybridized carbons (Fsp3) is 0.440. The quantitative estimate of drug-likeness (QED) is 0.736. The molecule has 2 aromatic rings. The molecule has 2 fully saturated rings. The van der Waals surface area contributed by atoms with Crippen LogP contribution in [0.1, 0.15) is 52.0 Å². The average molecular weight is 423 g/mol. The average Bonchev–Trinajstić information content (AvgIpc) is 3.61. The van der Waals surface area contributed by atoms with Crippen molar-refractivity contribution in [1.82, 2.24) is 10.2 Å². The van der Waals surface area contributed by atoms with Crippen molar-refractivity contribution in [2.24, 2.45) is 5.92 Å². The van der Waals surface area contributed by atoms with Crippen LogP contribution in [0.4, 0.5) is 0 Å². The molecule has 1 saturated heterocycles. The van der Waals surface area contributed by atoms with E-state index in [2.05, 4.69) is 5.32 Å². The first-order valence-electron chi connectivity index (χ1n) is 11.0. The smallest absolute Gasteiger partial charge is 0.254 e. The first-order chi connectivity index (χ1) is 15.0. The van der Waals surface area contributed by atoms with Crippen LogP contribution in [0.25, 0.3) is 0 Å². The number of rotatable bonds is 7. The summed E-state index contributed by atoms with van der Waals surface area (Å²) in [7, 11) is 1.63. The summed E-state index contributed by atoms with van der Waals surface area (Å²) >= 11 is 0. The molecule has 0 bridgehead atoms. The molecule has 4 rings (SSSR count). The van der Waals surface area contributed by atoms with Crippen LogP contribution in [0.3, 0.4) is 0 Å². The van der Waals surface area contributed by atoms with Gasteiger partial charge in [0, 0.05) is 36.2 Å². The summed E-state index contributed by atoms with van der Waals surface area (Å²) in [6.07, 6.45) is 4.15. The third kappa shape index (κ3) is 5.37. The molecule has 2 amide bonds. The van der Waals surface area contributed by atoms with E-state index in [1.807, 2.05) is 42.2 Å². The van der Waals surface area contributed by atoms with Crippen molar-refractivity contribution >= 4 is 11.8 Å². The Morgan fingerprint density at radius 2 is 1.81 bits per heavy atom. The Labute approximate surface area is 183 Å². The molecule has 0 spiro atoms. The van der Waals surface area contributed by atoms with E-state index < -0.39 is 0 Å². The van der Waals surface area contributed by atoms with E-state index in [1.54, 1.807) is 19.2 Å². The van der Waals surface area contributed by atoms with Gasteiger partial charge in [-0.25, -0.2) is 0 Å². The fourth-order valence-electron chi connectivity index (χ4n) is 3.97. The zero-order chi connectivity index (χ0) is 21.8. The number of likely N-dealkylation sites (tertiary alicyclic amines) is 1. The van der Waals surface area contributed by atoms with Gasteiger partial charge in [0.15, 0.2) is 0 Å². The Kier molecular flexibility index (Phi) is 6.44. The lowest BCUT2D eigenvalue weighted by molar-refractivity contribution is 0.0632. The summed E-state index contributed by atoms with van der Waals surface area (Å²) in [4.78, 5) is 27.0. The van der Waals surface area contributed by atoms with E-state index in [0.717, 1.165) is 54.9 Å². The van der Waals surface area contributed by atoms with Crippen LogP contribution >= 0.6 is 0 Å². The molecule has 31 heavy (non-hydrogen) atoms. The number of hydrogen-bond acceptors (Lipinski definition) is 4. The van der Waals surface area contributed by atoms with Gasteiger partial charge in [0.05, 0.1) is 13.7 Å². The van der Waals surface area contributed by atoms with Crippen LogP contribution < -0.4 is 14.8 Å². The zero-order valence-electron chi connectivity index (χ0n) is 18.2. The molecule has 1 heterocycles. The minimum Gasteiger partial charge on any atom is -0.497 e. The zero-order valence-corrected chi connectivity index (χ0v) is 18.2. The molecule has 0 radical (unpaired) electrons. The van der Waals surface area contributed by atoms with Gasteiger partial charge < -0.3 is 19.7 Å². The second kappa shape index (κ2) is 9.41. The van der Waals surface area contributed by atoms with Gasteiger partial charge in [-0.1, -0.05) is 0 Å². The number of aryl methyl sites for hydroxylation is 1. The van der Waals surface area contributed by atoms with Gasteiger partial charge in [-0.3, -0.25) is 9.59 Å². The summed E-state index contributed by atoms with van der Waals surface area (Å²) in [5.74, 6) is 1.83. The van der Waals surface area contributed by atoms with Crippen molar-refractivity contribution < 1.29 is 19.1 Å². The molecule has 164 valence electrons. The van der Waals surface area contributed by atoms with Crippen molar-refractivity contribution in [3.05, 3.63) is 59.2 Å². The molecule has 1 N–H and O–H groups in total. The van der Waals surface area contributed by atoms with Crippen LogP contribution in [0.2, 0.25) is 0 Å². The monoisotopic (exact) mass is 422 g/mol. The normalized spacial score (nSPS) is 18.4. The fourth-order valence-corrected chi connectivity index (χ4v) is 3.97. The largest absolute Gasteiger partial charge is 0.497 e. The topological polar surface area (TPSA) is 67.9 Å². The highest BCUT2D eigenvalue weighted by atomic mass is 16.5. The molecular weight excluding hydrogens is 392 g/mol. The first kappa shape index (κ1) is 21.2. The highest BCUT2D eigenvalue weighted by Crippen LogP contribution is 2.24. The molecule has 6 heteroatoms. The van der Waals surface area contributed by atoms with E-state index in [-0.39, 0.29) is 17.7 Å². The van der Waals surface area contributed by atoms with Crippen molar-refractivity contribution in [1.29, 1.82) is 0 Å². The maximum absolute atomic E-state index is 13.0. The summed E-state index contributed by atoms with van der Waals surface area (Å²) in [5, 5.41) is 2.99. The van der Waals surface area contributed by atoms with Gasteiger partial charge in [0.1, 0.15) is 11.5 Å². The molecule has 0 unspecified atom stereocenters. The van der Waals surface area contributed by atoms with E-state index in [4.69, 9.17) is 9.47 Å². The molecule has 1 aliphatic heterocycles. The molecule has 1 atom stereocenters. The van der Waals surface area contributed by atoms with Crippen molar-refractivity contribution in [3.8, 4) is 11.5 Å². The molecule has 0 aromatic heterocycles. The Morgan fingerprint density at radius 3 is 2.48 bits per heavy atom. The number of nitrogens with one attached hydrogen (secondary N) is 1. The Hall–Kier alpha value is -3.02. The highest BCUT2D eigenvalue weighted by Gasteiger charge is 2.26. The molecule has 6 nitrogen and oxygen atoms in total. The van der Waals surface area contributed by atoms with Crippen LogP contribution in [0, 0.1) is 12.8 Å². The highest BCUT2D eigenvalue weighted by molar-refractivity contribution is 5.96. The number of nitrogens with zero attached hydrogens (tertiary/aromatic N) is 1. The molecule has 2 aliphatic rings. The van der Waals surface area contributed by atoms with Crippen molar-refractivity contribution in [2.45, 2.75) is 38.6 Å². The van der Waals surface area contributed by atoms with Crippen molar-refractivity contribution in [2.75, 3.05) is 26.8 Å². The molecular formula is C25H30N2O4.